The van der Waals surface area contributed by atoms with Crippen molar-refractivity contribution in [3.05, 3.63) is 76.9 Å². The van der Waals surface area contributed by atoms with Gasteiger partial charge in [-0.3, -0.25) is 9.48 Å². The fourth-order valence-corrected chi connectivity index (χ4v) is 5.25. The lowest BCUT2D eigenvalue weighted by Crippen LogP contribution is -2.35. The number of aromatic nitrogens is 2. The number of hydrogen-bond donors (Lipinski definition) is 1. The van der Waals surface area contributed by atoms with E-state index in [1.54, 1.807) is 23.0 Å². The number of carbonyl (C=O) groups excluding carboxylic acids is 1. The quantitative estimate of drug-likeness (QED) is 0.589. The van der Waals surface area contributed by atoms with Gasteiger partial charge < -0.3 is 5.32 Å². The lowest BCUT2D eigenvalue weighted by Gasteiger charge is -2.14. The number of rotatable bonds is 7. The number of halogens is 1. The molecule has 0 atom stereocenters. The maximum Gasteiger partial charge on any atom is 0.255 e. The van der Waals surface area contributed by atoms with E-state index in [1.807, 2.05) is 42.5 Å². The highest BCUT2D eigenvalue weighted by molar-refractivity contribution is 7.89. The number of amides is 1. The molecule has 0 bridgehead atoms. The van der Waals surface area contributed by atoms with Gasteiger partial charge in [-0.25, -0.2) is 12.7 Å². The molecule has 0 unspecified atom stereocenters. The second-order valence-electron chi connectivity index (χ2n) is 7.41. The monoisotopic (exact) mass is 458 g/mol. The Morgan fingerprint density at radius 2 is 1.84 bits per heavy atom. The molecule has 1 aromatic heterocycles. The van der Waals surface area contributed by atoms with E-state index in [2.05, 4.69) is 10.4 Å². The van der Waals surface area contributed by atoms with Crippen LogP contribution in [-0.2, 0) is 16.6 Å². The first-order valence-electron chi connectivity index (χ1n) is 10.1. The van der Waals surface area contributed by atoms with E-state index in [4.69, 9.17) is 11.6 Å². The van der Waals surface area contributed by atoms with Gasteiger partial charge in [-0.05, 0) is 24.1 Å². The smallest absolute Gasteiger partial charge is 0.255 e. The molecule has 7 nitrogen and oxygen atoms in total. The van der Waals surface area contributed by atoms with E-state index in [1.165, 1.54) is 4.31 Å². The molecule has 2 aromatic carbocycles. The van der Waals surface area contributed by atoms with Crippen molar-refractivity contribution in [2.45, 2.75) is 13.0 Å². The Balaban J connectivity index is 1.54. The SMILES string of the molecule is O=C(NCCN1CCCS1(=O)=O)c1cn(Cc2ccccc2)nc1-c1ccc(Cl)cc1. The predicted molar refractivity (Wildman–Crippen MR) is 121 cm³/mol. The summed E-state index contributed by atoms with van der Waals surface area (Å²) < 4.78 is 27.0. The first kappa shape index (κ1) is 21.5. The van der Waals surface area contributed by atoms with Crippen molar-refractivity contribution < 1.29 is 13.2 Å². The van der Waals surface area contributed by atoms with Crippen molar-refractivity contribution in [2.75, 3.05) is 25.4 Å². The van der Waals surface area contributed by atoms with Gasteiger partial charge in [0, 0.05) is 36.4 Å². The van der Waals surface area contributed by atoms with Gasteiger partial charge in [0.2, 0.25) is 10.0 Å². The number of nitrogens with zero attached hydrogens (tertiary/aromatic N) is 3. The van der Waals surface area contributed by atoms with E-state index < -0.39 is 10.0 Å². The lowest BCUT2D eigenvalue weighted by atomic mass is 10.1. The van der Waals surface area contributed by atoms with Crippen LogP contribution in [-0.4, -0.2) is 53.8 Å². The van der Waals surface area contributed by atoms with Gasteiger partial charge >= 0.3 is 0 Å². The number of sulfonamides is 1. The summed E-state index contributed by atoms with van der Waals surface area (Å²) in [5.74, 6) is -0.116. The predicted octanol–water partition coefficient (Wildman–Crippen LogP) is 3.02. The van der Waals surface area contributed by atoms with Crippen molar-refractivity contribution in [3.8, 4) is 11.3 Å². The van der Waals surface area contributed by atoms with Crippen LogP contribution in [0.4, 0.5) is 0 Å². The van der Waals surface area contributed by atoms with Crippen molar-refractivity contribution in [1.29, 1.82) is 0 Å². The minimum atomic E-state index is -3.18. The molecule has 1 aliphatic rings. The van der Waals surface area contributed by atoms with E-state index in [-0.39, 0.29) is 24.7 Å². The molecule has 1 amide bonds. The fourth-order valence-electron chi connectivity index (χ4n) is 3.59. The van der Waals surface area contributed by atoms with Gasteiger partial charge in [-0.1, -0.05) is 54.1 Å². The minimum absolute atomic E-state index is 0.175. The standard InChI is InChI=1S/C22H23ClN4O3S/c23-19-9-7-18(8-10-19)21-20(16-26(25-21)15-17-5-2-1-3-6-17)22(28)24-11-13-27-12-4-14-31(27,29)30/h1-3,5-10,16H,4,11-15H2,(H,24,28). The molecule has 3 aromatic rings. The summed E-state index contributed by atoms with van der Waals surface area (Å²) >= 11 is 6.01. The van der Waals surface area contributed by atoms with Gasteiger partial charge in [0.15, 0.2) is 0 Å². The van der Waals surface area contributed by atoms with Crippen LogP contribution in [0.25, 0.3) is 11.3 Å². The summed E-state index contributed by atoms with van der Waals surface area (Å²) in [7, 11) is -3.18. The zero-order valence-corrected chi connectivity index (χ0v) is 18.4. The van der Waals surface area contributed by atoms with Gasteiger partial charge in [0.25, 0.3) is 5.91 Å². The summed E-state index contributed by atoms with van der Waals surface area (Å²) in [6.07, 6.45) is 2.35. The van der Waals surface area contributed by atoms with Crippen LogP contribution in [0.2, 0.25) is 5.02 Å². The van der Waals surface area contributed by atoms with Crippen molar-refractivity contribution in [3.63, 3.8) is 0 Å². The Labute approximate surface area is 186 Å². The first-order valence-corrected chi connectivity index (χ1v) is 12.0. The molecule has 0 radical (unpaired) electrons. The van der Waals surface area contributed by atoms with E-state index in [9.17, 15) is 13.2 Å². The Hall–Kier alpha value is -2.68. The molecule has 0 aliphatic carbocycles. The molecule has 1 aliphatic heterocycles. The highest BCUT2D eigenvalue weighted by atomic mass is 35.5. The second-order valence-corrected chi connectivity index (χ2v) is 9.93. The number of hydrogen-bond acceptors (Lipinski definition) is 4. The van der Waals surface area contributed by atoms with E-state index in [0.717, 1.165) is 11.1 Å². The van der Waals surface area contributed by atoms with Crippen LogP contribution in [0.15, 0.2) is 60.8 Å². The molecule has 9 heteroatoms. The molecule has 1 saturated heterocycles. The van der Waals surface area contributed by atoms with Crippen molar-refractivity contribution in [1.82, 2.24) is 19.4 Å². The third kappa shape index (κ3) is 5.15. The van der Waals surface area contributed by atoms with Gasteiger partial charge in [0.05, 0.1) is 17.9 Å². The van der Waals surface area contributed by atoms with Crippen LogP contribution < -0.4 is 5.32 Å². The molecule has 162 valence electrons. The normalized spacial score (nSPS) is 15.8. The molecular formula is C22H23ClN4O3S. The molecule has 4 rings (SSSR count). The molecule has 31 heavy (non-hydrogen) atoms. The van der Waals surface area contributed by atoms with E-state index >= 15 is 0 Å². The van der Waals surface area contributed by atoms with Gasteiger partial charge in [-0.2, -0.15) is 5.10 Å². The Kier molecular flexibility index (Phi) is 6.41. The largest absolute Gasteiger partial charge is 0.351 e. The summed E-state index contributed by atoms with van der Waals surface area (Å²) in [4.78, 5) is 12.9. The minimum Gasteiger partial charge on any atom is -0.351 e. The number of benzene rings is 2. The first-order chi connectivity index (χ1) is 14.9. The third-order valence-electron chi connectivity index (χ3n) is 5.16. The Morgan fingerprint density at radius 1 is 1.10 bits per heavy atom. The molecule has 1 fully saturated rings. The average Bonchev–Trinajstić information content (AvgIpc) is 3.32. The average molecular weight is 459 g/mol. The fraction of sp³-hybridized carbons (Fsp3) is 0.273. The molecule has 0 spiro atoms. The van der Waals surface area contributed by atoms with Crippen LogP contribution in [0.3, 0.4) is 0 Å². The van der Waals surface area contributed by atoms with Gasteiger partial charge in [0.1, 0.15) is 5.69 Å². The summed E-state index contributed by atoms with van der Waals surface area (Å²) in [6, 6.07) is 17.0. The summed E-state index contributed by atoms with van der Waals surface area (Å²) in [5, 5.41) is 8.08. The second kappa shape index (κ2) is 9.21. The van der Waals surface area contributed by atoms with Crippen LogP contribution in [0, 0.1) is 0 Å². The molecular weight excluding hydrogens is 436 g/mol. The maximum absolute atomic E-state index is 12.9. The van der Waals surface area contributed by atoms with Crippen molar-refractivity contribution >= 4 is 27.5 Å². The van der Waals surface area contributed by atoms with Crippen LogP contribution in [0.1, 0.15) is 22.3 Å². The zero-order valence-electron chi connectivity index (χ0n) is 16.9. The highest BCUT2D eigenvalue weighted by Gasteiger charge is 2.27. The Bertz CT molecular complexity index is 1160. The summed E-state index contributed by atoms with van der Waals surface area (Å²) in [5.41, 5.74) is 2.84. The third-order valence-corrected chi connectivity index (χ3v) is 7.37. The number of nitrogens with one attached hydrogen (secondary N) is 1. The van der Waals surface area contributed by atoms with Crippen molar-refractivity contribution in [2.24, 2.45) is 0 Å². The lowest BCUT2D eigenvalue weighted by molar-refractivity contribution is 0.0952. The molecule has 0 saturated carbocycles. The Morgan fingerprint density at radius 3 is 2.52 bits per heavy atom. The molecule has 1 N–H and O–H groups in total. The number of carbonyl (C=O) groups is 1. The topological polar surface area (TPSA) is 84.3 Å². The molecule has 2 heterocycles. The van der Waals surface area contributed by atoms with Crippen LogP contribution >= 0.6 is 11.6 Å². The van der Waals surface area contributed by atoms with Crippen LogP contribution in [0.5, 0.6) is 0 Å². The van der Waals surface area contributed by atoms with Gasteiger partial charge in [-0.15, -0.1) is 0 Å². The zero-order chi connectivity index (χ0) is 21.8. The summed E-state index contributed by atoms with van der Waals surface area (Å²) in [6.45, 7) is 1.54. The highest BCUT2D eigenvalue weighted by Crippen LogP contribution is 2.24. The van der Waals surface area contributed by atoms with E-state index in [0.29, 0.717) is 35.8 Å². The maximum atomic E-state index is 12.9.